The molecule has 5 nitrogen and oxygen atoms in total. The van der Waals surface area contributed by atoms with Crippen LogP contribution in [0.4, 0.5) is 5.69 Å². The molecule has 0 fully saturated rings. The van der Waals surface area contributed by atoms with Gasteiger partial charge in [-0.3, -0.25) is 4.79 Å². The molecule has 3 aromatic carbocycles. The van der Waals surface area contributed by atoms with Gasteiger partial charge >= 0.3 is 0 Å². The summed E-state index contributed by atoms with van der Waals surface area (Å²) in [6, 6.07) is 22.8. The van der Waals surface area contributed by atoms with Crippen molar-refractivity contribution in [2.75, 3.05) is 19.5 Å². The number of hydrogen-bond donors (Lipinski definition) is 1. The highest BCUT2D eigenvalue weighted by atomic mass is 32.1. The average Bonchev–Trinajstić information content (AvgIpc) is 3.30. The highest BCUT2D eigenvalue weighted by Crippen LogP contribution is 2.30. The van der Waals surface area contributed by atoms with Crippen molar-refractivity contribution in [1.82, 2.24) is 4.98 Å². The van der Waals surface area contributed by atoms with E-state index in [4.69, 9.17) is 14.5 Å². The molecule has 1 N–H and O–H groups in total. The Labute approximate surface area is 178 Å². The number of ether oxygens (including phenoxy) is 2. The van der Waals surface area contributed by atoms with Crippen LogP contribution >= 0.6 is 11.3 Å². The van der Waals surface area contributed by atoms with Crippen molar-refractivity contribution in [3.05, 3.63) is 83.7 Å². The van der Waals surface area contributed by atoms with Crippen molar-refractivity contribution in [2.24, 2.45) is 0 Å². The number of methoxy groups -OCH3 is 2. The lowest BCUT2D eigenvalue weighted by atomic mass is 10.1. The maximum Gasteiger partial charge on any atom is 0.259 e. The first-order valence-corrected chi connectivity index (χ1v) is 10.2. The van der Waals surface area contributed by atoms with Gasteiger partial charge in [-0.1, -0.05) is 42.5 Å². The van der Waals surface area contributed by atoms with Gasteiger partial charge in [0.05, 0.1) is 25.5 Å². The number of nitrogens with one attached hydrogen (secondary N) is 1. The fourth-order valence-corrected chi connectivity index (χ4v) is 3.86. The van der Waals surface area contributed by atoms with Gasteiger partial charge in [-0.15, -0.1) is 11.3 Å². The van der Waals surface area contributed by atoms with E-state index in [2.05, 4.69) is 17.4 Å². The predicted molar refractivity (Wildman–Crippen MR) is 120 cm³/mol. The number of carbonyl (C=O) groups is 1. The number of aromatic nitrogens is 1. The molecule has 0 atom stereocenters. The molecule has 0 saturated carbocycles. The summed E-state index contributed by atoms with van der Waals surface area (Å²) >= 11 is 1.61. The van der Waals surface area contributed by atoms with Gasteiger partial charge in [-0.05, 0) is 24.3 Å². The van der Waals surface area contributed by atoms with Crippen molar-refractivity contribution in [1.29, 1.82) is 0 Å². The van der Waals surface area contributed by atoms with Crippen molar-refractivity contribution in [3.8, 4) is 33.3 Å². The SMILES string of the molecule is COc1ccc(C(=O)Nc2ccc(-c3csc(-c4ccccc4)n3)cc2)c(OC)c1. The van der Waals surface area contributed by atoms with Crippen molar-refractivity contribution in [3.63, 3.8) is 0 Å². The number of nitrogens with zero attached hydrogens (tertiary/aromatic N) is 1. The number of amides is 1. The number of rotatable bonds is 6. The van der Waals surface area contributed by atoms with Gasteiger partial charge < -0.3 is 14.8 Å². The Morgan fingerprint density at radius 1 is 0.900 bits per heavy atom. The third kappa shape index (κ3) is 4.18. The smallest absolute Gasteiger partial charge is 0.259 e. The topological polar surface area (TPSA) is 60.5 Å². The molecule has 0 saturated heterocycles. The molecule has 0 radical (unpaired) electrons. The number of thiazole rings is 1. The summed E-state index contributed by atoms with van der Waals surface area (Å²) in [5, 5.41) is 5.92. The number of carbonyl (C=O) groups excluding carboxylic acids is 1. The van der Waals surface area contributed by atoms with Crippen LogP contribution in [0.3, 0.4) is 0 Å². The minimum absolute atomic E-state index is 0.248. The molecule has 0 unspecified atom stereocenters. The largest absolute Gasteiger partial charge is 0.497 e. The van der Waals surface area contributed by atoms with Crippen LogP contribution in [0.1, 0.15) is 10.4 Å². The summed E-state index contributed by atoms with van der Waals surface area (Å²) in [6.07, 6.45) is 0. The minimum atomic E-state index is -0.248. The molecule has 0 spiro atoms. The fourth-order valence-electron chi connectivity index (χ4n) is 3.03. The molecule has 0 aliphatic heterocycles. The maximum absolute atomic E-state index is 12.7. The Bertz CT molecular complexity index is 1150. The van der Waals surface area contributed by atoms with Gasteiger partial charge in [0.1, 0.15) is 16.5 Å². The summed E-state index contributed by atoms with van der Waals surface area (Å²) < 4.78 is 10.5. The van der Waals surface area contributed by atoms with E-state index < -0.39 is 0 Å². The summed E-state index contributed by atoms with van der Waals surface area (Å²) in [6.45, 7) is 0. The van der Waals surface area contributed by atoms with E-state index in [9.17, 15) is 4.79 Å². The van der Waals surface area contributed by atoms with E-state index in [0.717, 1.165) is 21.8 Å². The molecule has 4 aromatic rings. The van der Waals surface area contributed by atoms with E-state index in [1.54, 1.807) is 36.6 Å². The number of hydrogen-bond acceptors (Lipinski definition) is 5. The predicted octanol–water partition coefficient (Wildman–Crippen LogP) is 5.75. The third-order valence-corrected chi connectivity index (χ3v) is 5.51. The van der Waals surface area contributed by atoms with Crippen molar-refractivity contribution < 1.29 is 14.3 Å². The molecule has 0 aliphatic rings. The Morgan fingerprint density at radius 3 is 2.37 bits per heavy atom. The Morgan fingerprint density at radius 2 is 1.67 bits per heavy atom. The molecule has 1 heterocycles. The van der Waals surface area contributed by atoms with Crippen LogP contribution in [-0.4, -0.2) is 25.1 Å². The lowest BCUT2D eigenvalue weighted by Gasteiger charge is -2.11. The van der Waals surface area contributed by atoms with Crippen LogP contribution in [0.2, 0.25) is 0 Å². The second kappa shape index (κ2) is 8.80. The van der Waals surface area contributed by atoms with E-state index in [-0.39, 0.29) is 5.91 Å². The van der Waals surface area contributed by atoms with Gasteiger partial charge in [0.2, 0.25) is 0 Å². The molecular weight excluding hydrogens is 396 g/mol. The van der Waals surface area contributed by atoms with Gasteiger partial charge in [0.15, 0.2) is 0 Å². The lowest BCUT2D eigenvalue weighted by molar-refractivity contribution is 0.102. The van der Waals surface area contributed by atoms with Gasteiger partial charge in [0.25, 0.3) is 5.91 Å². The van der Waals surface area contributed by atoms with Gasteiger partial charge in [-0.25, -0.2) is 4.98 Å². The van der Waals surface area contributed by atoms with E-state index in [0.29, 0.717) is 22.7 Å². The molecular formula is C24H20N2O3S. The van der Waals surface area contributed by atoms with Gasteiger partial charge in [-0.2, -0.15) is 0 Å². The zero-order valence-electron chi connectivity index (χ0n) is 16.6. The second-order valence-electron chi connectivity index (χ2n) is 6.50. The van der Waals surface area contributed by atoms with Crippen LogP contribution in [-0.2, 0) is 0 Å². The van der Waals surface area contributed by atoms with Crippen molar-refractivity contribution in [2.45, 2.75) is 0 Å². The monoisotopic (exact) mass is 416 g/mol. The third-order valence-electron chi connectivity index (χ3n) is 4.62. The Balaban J connectivity index is 1.49. The van der Waals surface area contributed by atoms with E-state index in [1.165, 1.54) is 7.11 Å². The quantitative estimate of drug-likeness (QED) is 0.435. The Kier molecular flexibility index (Phi) is 5.77. The van der Waals surface area contributed by atoms with E-state index in [1.807, 2.05) is 47.8 Å². The summed E-state index contributed by atoms with van der Waals surface area (Å²) in [5.74, 6) is 0.840. The van der Waals surface area contributed by atoms with Crippen LogP contribution in [0.25, 0.3) is 21.8 Å². The normalized spacial score (nSPS) is 10.5. The minimum Gasteiger partial charge on any atom is -0.497 e. The van der Waals surface area contributed by atoms with Crippen molar-refractivity contribution >= 4 is 22.9 Å². The zero-order chi connectivity index (χ0) is 20.9. The molecule has 1 aromatic heterocycles. The first-order valence-electron chi connectivity index (χ1n) is 9.32. The van der Waals surface area contributed by atoms with E-state index >= 15 is 0 Å². The van der Waals surface area contributed by atoms with Crippen LogP contribution in [0.15, 0.2) is 78.2 Å². The fraction of sp³-hybridized carbons (Fsp3) is 0.0833. The molecule has 6 heteroatoms. The highest BCUT2D eigenvalue weighted by Gasteiger charge is 2.14. The standard InChI is InChI=1S/C24H20N2O3S/c1-28-19-12-13-20(22(14-19)29-2)23(27)25-18-10-8-16(9-11-18)21-15-30-24(26-21)17-6-4-3-5-7-17/h3-15H,1-2H3,(H,25,27). The first kappa shape index (κ1) is 19.7. The summed E-state index contributed by atoms with van der Waals surface area (Å²) in [7, 11) is 3.10. The molecule has 0 bridgehead atoms. The first-order chi connectivity index (χ1) is 14.7. The molecule has 4 rings (SSSR count). The van der Waals surface area contributed by atoms with Gasteiger partial charge in [0, 0.05) is 28.3 Å². The highest BCUT2D eigenvalue weighted by molar-refractivity contribution is 7.13. The summed E-state index contributed by atoms with van der Waals surface area (Å²) in [4.78, 5) is 17.4. The van der Waals surface area contributed by atoms with Crippen LogP contribution < -0.4 is 14.8 Å². The zero-order valence-corrected chi connectivity index (χ0v) is 17.4. The molecule has 1 amide bonds. The maximum atomic E-state index is 12.7. The summed E-state index contributed by atoms with van der Waals surface area (Å²) in [5.41, 5.74) is 4.14. The number of benzene rings is 3. The lowest BCUT2D eigenvalue weighted by Crippen LogP contribution is -2.13. The molecule has 150 valence electrons. The number of anilines is 1. The average molecular weight is 417 g/mol. The van der Waals surface area contributed by atoms with Crippen LogP contribution in [0.5, 0.6) is 11.5 Å². The Hall–Kier alpha value is -3.64. The van der Waals surface area contributed by atoms with Crippen LogP contribution in [0, 0.1) is 0 Å². The molecule has 0 aliphatic carbocycles. The molecule has 30 heavy (non-hydrogen) atoms. The second-order valence-corrected chi connectivity index (χ2v) is 7.36.